The highest BCUT2D eigenvalue weighted by molar-refractivity contribution is 5.55. The van der Waals surface area contributed by atoms with Crippen molar-refractivity contribution in [3.63, 3.8) is 0 Å². The number of β-amino-alcohol motifs (C(OH)–C–C–N with tert-alkyl or cyclic N) is 1. The van der Waals surface area contributed by atoms with Crippen LogP contribution in [0.1, 0.15) is 31.7 Å². The molecule has 0 unspecified atom stereocenters. The molecule has 0 radical (unpaired) electrons. The smallest absolute Gasteiger partial charge is 0.0841 e. The molecule has 2 aliphatic rings. The van der Waals surface area contributed by atoms with Crippen LogP contribution >= 0.6 is 0 Å². The molecule has 3 heteroatoms. The zero-order valence-corrected chi connectivity index (χ0v) is 13.2. The molecule has 2 atom stereocenters. The van der Waals surface area contributed by atoms with Gasteiger partial charge >= 0.3 is 0 Å². The van der Waals surface area contributed by atoms with Gasteiger partial charge in [0.05, 0.1) is 6.10 Å². The van der Waals surface area contributed by atoms with Gasteiger partial charge in [0.15, 0.2) is 0 Å². The highest BCUT2D eigenvalue weighted by Crippen LogP contribution is 2.26. The third kappa shape index (κ3) is 3.78. The Labute approximate surface area is 128 Å². The lowest BCUT2D eigenvalue weighted by Crippen LogP contribution is -2.44. The molecule has 1 aromatic carbocycles. The third-order valence-corrected chi connectivity index (χ3v) is 4.85. The molecule has 1 saturated heterocycles. The van der Waals surface area contributed by atoms with Gasteiger partial charge in [-0.2, -0.15) is 0 Å². The number of anilines is 1. The SMILES string of the molecule is C[C@@H]1CCCN(C[C@H](O)CN2CCCc3ccccc32)C1. The number of aliphatic hydroxyl groups is 1. The first-order valence-corrected chi connectivity index (χ1v) is 8.45. The van der Waals surface area contributed by atoms with E-state index < -0.39 is 0 Å². The van der Waals surface area contributed by atoms with Crippen LogP contribution in [-0.4, -0.2) is 48.8 Å². The summed E-state index contributed by atoms with van der Waals surface area (Å²) in [6, 6.07) is 8.65. The summed E-state index contributed by atoms with van der Waals surface area (Å²) in [5.41, 5.74) is 2.76. The lowest BCUT2D eigenvalue weighted by atomic mass is 9.99. The first kappa shape index (κ1) is 14.9. The van der Waals surface area contributed by atoms with E-state index in [2.05, 4.69) is 41.0 Å². The summed E-state index contributed by atoms with van der Waals surface area (Å²) in [5.74, 6) is 0.779. The summed E-state index contributed by atoms with van der Waals surface area (Å²) in [5, 5.41) is 10.5. The lowest BCUT2D eigenvalue weighted by molar-refractivity contribution is 0.0909. The Morgan fingerprint density at radius 2 is 2.05 bits per heavy atom. The van der Waals surface area contributed by atoms with Crippen molar-refractivity contribution in [1.29, 1.82) is 0 Å². The Morgan fingerprint density at radius 1 is 1.19 bits per heavy atom. The molecule has 0 amide bonds. The van der Waals surface area contributed by atoms with Crippen molar-refractivity contribution in [3.8, 4) is 0 Å². The molecule has 2 aliphatic heterocycles. The quantitative estimate of drug-likeness (QED) is 0.922. The van der Waals surface area contributed by atoms with E-state index in [1.54, 1.807) is 0 Å². The second-order valence-corrected chi connectivity index (χ2v) is 6.84. The standard InChI is InChI=1S/C18H28N2O/c1-15-6-4-10-19(12-15)13-17(21)14-20-11-5-8-16-7-2-3-9-18(16)20/h2-3,7,9,15,17,21H,4-6,8,10-14H2,1H3/t15-,17+/m1/s1. The maximum atomic E-state index is 10.5. The number of fused-ring (bicyclic) bond motifs is 1. The van der Waals surface area contributed by atoms with Crippen LogP contribution in [0.15, 0.2) is 24.3 Å². The van der Waals surface area contributed by atoms with Crippen LogP contribution in [0.5, 0.6) is 0 Å². The molecule has 116 valence electrons. The van der Waals surface area contributed by atoms with Crippen molar-refractivity contribution >= 4 is 5.69 Å². The van der Waals surface area contributed by atoms with Gasteiger partial charge in [-0.1, -0.05) is 25.1 Å². The fourth-order valence-electron chi connectivity index (χ4n) is 3.86. The molecule has 0 spiro atoms. The van der Waals surface area contributed by atoms with E-state index >= 15 is 0 Å². The molecular weight excluding hydrogens is 260 g/mol. The van der Waals surface area contributed by atoms with Crippen molar-refractivity contribution in [1.82, 2.24) is 4.90 Å². The van der Waals surface area contributed by atoms with Gasteiger partial charge in [-0.15, -0.1) is 0 Å². The van der Waals surface area contributed by atoms with Crippen molar-refractivity contribution in [3.05, 3.63) is 29.8 Å². The van der Waals surface area contributed by atoms with Gasteiger partial charge in [0.25, 0.3) is 0 Å². The number of para-hydroxylation sites is 1. The van der Waals surface area contributed by atoms with Crippen LogP contribution in [0.3, 0.4) is 0 Å². The number of hydrogen-bond donors (Lipinski definition) is 1. The maximum absolute atomic E-state index is 10.5. The van der Waals surface area contributed by atoms with Crippen molar-refractivity contribution in [2.45, 2.75) is 38.7 Å². The molecule has 0 bridgehead atoms. The molecule has 3 nitrogen and oxygen atoms in total. The van der Waals surface area contributed by atoms with Crippen LogP contribution in [-0.2, 0) is 6.42 Å². The zero-order chi connectivity index (χ0) is 14.7. The van der Waals surface area contributed by atoms with Crippen LogP contribution in [0, 0.1) is 5.92 Å². The highest BCUT2D eigenvalue weighted by Gasteiger charge is 2.22. The minimum atomic E-state index is -0.249. The number of rotatable bonds is 4. The molecular formula is C18H28N2O. The van der Waals surface area contributed by atoms with Gasteiger partial charge in [-0.3, -0.25) is 0 Å². The van der Waals surface area contributed by atoms with Crippen LogP contribution in [0.2, 0.25) is 0 Å². The van der Waals surface area contributed by atoms with Gasteiger partial charge < -0.3 is 14.9 Å². The molecule has 3 rings (SSSR count). The Bertz CT molecular complexity index is 462. The Balaban J connectivity index is 1.57. The summed E-state index contributed by atoms with van der Waals surface area (Å²) in [7, 11) is 0. The normalized spacial score (nSPS) is 24.7. The number of aliphatic hydroxyl groups excluding tert-OH is 1. The van der Waals surface area contributed by atoms with E-state index in [4.69, 9.17) is 0 Å². The maximum Gasteiger partial charge on any atom is 0.0841 e. The predicted octanol–water partition coefficient (Wildman–Crippen LogP) is 2.53. The number of nitrogens with zero attached hydrogens (tertiary/aromatic N) is 2. The fraction of sp³-hybridized carbons (Fsp3) is 0.667. The number of hydrogen-bond acceptors (Lipinski definition) is 3. The van der Waals surface area contributed by atoms with E-state index in [0.29, 0.717) is 0 Å². The van der Waals surface area contributed by atoms with E-state index in [9.17, 15) is 5.11 Å². The Kier molecular flexibility index (Phi) is 4.81. The average molecular weight is 288 g/mol. The number of likely N-dealkylation sites (tertiary alicyclic amines) is 1. The van der Waals surface area contributed by atoms with Crippen LogP contribution < -0.4 is 4.90 Å². The predicted molar refractivity (Wildman–Crippen MR) is 87.8 cm³/mol. The minimum absolute atomic E-state index is 0.249. The molecule has 0 aromatic heterocycles. The third-order valence-electron chi connectivity index (χ3n) is 4.85. The molecule has 2 heterocycles. The summed E-state index contributed by atoms with van der Waals surface area (Å²) < 4.78 is 0. The first-order valence-electron chi connectivity index (χ1n) is 8.45. The lowest BCUT2D eigenvalue weighted by Gasteiger charge is -2.36. The van der Waals surface area contributed by atoms with Crippen LogP contribution in [0.25, 0.3) is 0 Å². The summed E-state index contributed by atoms with van der Waals surface area (Å²) in [4.78, 5) is 4.81. The Hall–Kier alpha value is -1.06. The van der Waals surface area contributed by atoms with Gasteiger partial charge in [0, 0.05) is 31.9 Å². The molecule has 1 N–H and O–H groups in total. The minimum Gasteiger partial charge on any atom is -0.390 e. The van der Waals surface area contributed by atoms with E-state index in [1.807, 2.05) is 0 Å². The summed E-state index contributed by atoms with van der Waals surface area (Å²) in [6.07, 6.45) is 4.74. The van der Waals surface area contributed by atoms with Gasteiger partial charge in [0.2, 0.25) is 0 Å². The molecule has 0 aliphatic carbocycles. The van der Waals surface area contributed by atoms with Crippen molar-refractivity contribution < 1.29 is 5.11 Å². The second-order valence-electron chi connectivity index (χ2n) is 6.84. The summed E-state index contributed by atoms with van der Waals surface area (Å²) >= 11 is 0. The molecule has 21 heavy (non-hydrogen) atoms. The van der Waals surface area contributed by atoms with Crippen molar-refractivity contribution in [2.75, 3.05) is 37.6 Å². The van der Waals surface area contributed by atoms with Gasteiger partial charge in [-0.25, -0.2) is 0 Å². The van der Waals surface area contributed by atoms with Gasteiger partial charge in [0.1, 0.15) is 0 Å². The number of aryl methyl sites for hydroxylation is 1. The van der Waals surface area contributed by atoms with Crippen LogP contribution in [0.4, 0.5) is 5.69 Å². The number of piperidine rings is 1. The summed E-state index contributed by atoms with van der Waals surface area (Å²) in [6.45, 7) is 7.28. The first-order chi connectivity index (χ1) is 10.2. The van der Waals surface area contributed by atoms with Gasteiger partial charge in [-0.05, 0) is 49.8 Å². The largest absolute Gasteiger partial charge is 0.390 e. The zero-order valence-electron chi connectivity index (χ0n) is 13.2. The second kappa shape index (κ2) is 6.80. The highest BCUT2D eigenvalue weighted by atomic mass is 16.3. The molecule has 1 fully saturated rings. The van der Waals surface area contributed by atoms with E-state index in [1.165, 1.54) is 36.9 Å². The molecule has 1 aromatic rings. The average Bonchev–Trinajstić information content (AvgIpc) is 2.47. The van der Waals surface area contributed by atoms with E-state index in [-0.39, 0.29) is 6.10 Å². The van der Waals surface area contributed by atoms with Crippen molar-refractivity contribution in [2.24, 2.45) is 5.92 Å². The van der Waals surface area contributed by atoms with E-state index in [0.717, 1.165) is 38.6 Å². The fourth-order valence-corrected chi connectivity index (χ4v) is 3.86. The Morgan fingerprint density at radius 3 is 2.90 bits per heavy atom. The topological polar surface area (TPSA) is 26.7 Å². The number of benzene rings is 1. The monoisotopic (exact) mass is 288 g/mol. The molecule has 0 saturated carbocycles.